The number of nitrogens with zero attached hydrogens (tertiary/aromatic N) is 2. The second kappa shape index (κ2) is 6.39. The first kappa shape index (κ1) is 14.5. The molecule has 0 aliphatic heterocycles. The van der Waals surface area contributed by atoms with E-state index in [1.54, 1.807) is 18.2 Å². The Balaban J connectivity index is 3.01. The topological polar surface area (TPSA) is 132 Å². The minimum atomic E-state index is -0.155. The number of hydrogen-bond donors (Lipinski definition) is 4. The van der Waals surface area contributed by atoms with Crippen molar-refractivity contribution in [3.05, 3.63) is 29.3 Å². The van der Waals surface area contributed by atoms with Crippen LogP contribution in [0, 0.1) is 6.92 Å². The fourth-order valence-electron chi connectivity index (χ4n) is 1.47. The lowest BCUT2D eigenvalue weighted by molar-refractivity contribution is 0.0956. The molecule has 0 saturated heterocycles. The maximum Gasteiger partial charge on any atom is 0.251 e. The molecule has 0 aromatic heterocycles. The predicted octanol–water partition coefficient (Wildman–Crippen LogP) is -0.0357. The first-order chi connectivity index (χ1) is 8.93. The van der Waals surface area contributed by atoms with E-state index in [0.717, 1.165) is 5.56 Å². The molecule has 1 aromatic carbocycles. The number of benzene rings is 1. The first-order valence-electron chi connectivity index (χ1n) is 5.76. The van der Waals surface area contributed by atoms with E-state index < -0.39 is 0 Å². The number of aliphatic imine (C=N–C) groups is 2. The minimum Gasteiger partial charge on any atom is -0.370 e. The fourth-order valence-corrected chi connectivity index (χ4v) is 1.47. The van der Waals surface area contributed by atoms with Crippen LogP contribution in [0.25, 0.3) is 0 Å². The monoisotopic (exact) mass is 262 g/mol. The molecule has 0 fully saturated rings. The average Bonchev–Trinajstić information content (AvgIpc) is 2.31. The SMILES string of the molecule is CCNC(=O)c1ccc(N=C(N)N=C(N)N)c(C)c1. The van der Waals surface area contributed by atoms with Crippen molar-refractivity contribution in [2.45, 2.75) is 13.8 Å². The van der Waals surface area contributed by atoms with Gasteiger partial charge in [-0.25, -0.2) is 4.99 Å². The summed E-state index contributed by atoms with van der Waals surface area (Å²) in [5, 5.41) is 2.72. The lowest BCUT2D eigenvalue weighted by Gasteiger charge is -2.05. The summed E-state index contributed by atoms with van der Waals surface area (Å²) in [5.74, 6) is -0.315. The second-order valence-electron chi connectivity index (χ2n) is 3.87. The number of hydrogen-bond acceptors (Lipinski definition) is 2. The highest BCUT2D eigenvalue weighted by Gasteiger charge is 2.06. The van der Waals surface area contributed by atoms with Gasteiger partial charge >= 0.3 is 0 Å². The Morgan fingerprint density at radius 1 is 1.32 bits per heavy atom. The molecule has 0 heterocycles. The van der Waals surface area contributed by atoms with Crippen molar-refractivity contribution in [2.75, 3.05) is 6.54 Å². The normalized spacial score (nSPS) is 10.9. The lowest BCUT2D eigenvalue weighted by atomic mass is 10.1. The minimum absolute atomic E-state index is 0.0335. The maximum atomic E-state index is 11.6. The Labute approximate surface area is 111 Å². The summed E-state index contributed by atoms with van der Waals surface area (Å²) in [6.45, 7) is 4.26. The van der Waals surface area contributed by atoms with Gasteiger partial charge in [0, 0.05) is 12.1 Å². The maximum absolute atomic E-state index is 11.6. The number of nitrogens with one attached hydrogen (secondary N) is 1. The molecular weight excluding hydrogens is 244 g/mol. The number of aryl methyl sites for hydroxylation is 1. The van der Waals surface area contributed by atoms with Crippen LogP contribution in [0.5, 0.6) is 0 Å². The van der Waals surface area contributed by atoms with E-state index >= 15 is 0 Å². The van der Waals surface area contributed by atoms with Gasteiger partial charge in [0.15, 0.2) is 5.96 Å². The summed E-state index contributed by atoms with van der Waals surface area (Å²) in [6.07, 6.45) is 0. The molecule has 0 aliphatic carbocycles. The van der Waals surface area contributed by atoms with Gasteiger partial charge in [0.2, 0.25) is 5.96 Å². The summed E-state index contributed by atoms with van der Waals surface area (Å²) in [6, 6.07) is 5.08. The van der Waals surface area contributed by atoms with Gasteiger partial charge in [-0.2, -0.15) is 4.99 Å². The standard InChI is InChI=1S/C12H18N6O/c1-3-16-10(19)8-4-5-9(7(2)6-8)17-12(15)18-11(13)14/h4-6H,3H2,1-2H3,(H,16,19)(H6,13,14,15,17,18). The van der Waals surface area contributed by atoms with Crippen molar-refractivity contribution in [1.82, 2.24) is 5.32 Å². The number of carbonyl (C=O) groups excluding carboxylic acids is 1. The van der Waals surface area contributed by atoms with Gasteiger partial charge < -0.3 is 22.5 Å². The van der Waals surface area contributed by atoms with Crippen LogP contribution in [0.4, 0.5) is 5.69 Å². The molecule has 1 aromatic rings. The molecule has 0 unspecified atom stereocenters. The third-order valence-corrected chi connectivity index (χ3v) is 2.27. The van der Waals surface area contributed by atoms with Gasteiger partial charge in [0.05, 0.1) is 5.69 Å². The Hall–Kier alpha value is -2.57. The van der Waals surface area contributed by atoms with Crippen molar-refractivity contribution in [3.8, 4) is 0 Å². The largest absolute Gasteiger partial charge is 0.370 e. The third kappa shape index (κ3) is 4.30. The van der Waals surface area contributed by atoms with E-state index in [9.17, 15) is 4.79 Å². The zero-order valence-corrected chi connectivity index (χ0v) is 11.0. The van der Waals surface area contributed by atoms with Crippen LogP contribution >= 0.6 is 0 Å². The molecule has 0 bridgehead atoms. The number of nitrogens with two attached hydrogens (primary N) is 3. The summed E-state index contributed by atoms with van der Waals surface area (Å²) in [4.78, 5) is 19.3. The fraction of sp³-hybridized carbons (Fsp3) is 0.250. The van der Waals surface area contributed by atoms with Gasteiger partial charge in [0.1, 0.15) is 0 Å². The quantitative estimate of drug-likeness (QED) is 0.449. The average molecular weight is 262 g/mol. The molecule has 0 atom stereocenters. The molecule has 0 aliphatic rings. The Bertz CT molecular complexity index is 531. The van der Waals surface area contributed by atoms with Crippen LogP contribution in [0.15, 0.2) is 28.2 Å². The van der Waals surface area contributed by atoms with E-state index in [-0.39, 0.29) is 17.8 Å². The summed E-state index contributed by atoms with van der Waals surface area (Å²) < 4.78 is 0. The molecule has 7 heteroatoms. The highest BCUT2D eigenvalue weighted by Crippen LogP contribution is 2.19. The van der Waals surface area contributed by atoms with Crippen LogP contribution < -0.4 is 22.5 Å². The summed E-state index contributed by atoms with van der Waals surface area (Å²) >= 11 is 0. The van der Waals surface area contributed by atoms with Crippen molar-refractivity contribution >= 4 is 23.5 Å². The molecular formula is C12H18N6O. The Morgan fingerprint density at radius 2 is 2.00 bits per heavy atom. The number of rotatable bonds is 3. The van der Waals surface area contributed by atoms with Gasteiger partial charge in [0.25, 0.3) is 5.91 Å². The van der Waals surface area contributed by atoms with Crippen molar-refractivity contribution in [3.63, 3.8) is 0 Å². The smallest absolute Gasteiger partial charge is 0.251 e. The van der Waals surface area contributed by atoms with Crippen LogP contribution in [0.1, 0.15) is 22.8 Å². The lowest BCUT2D eigenvalue weighted by Crippen LogP contribution is -2.26. The molecule has 102 valence electrons. The van der Waals surface area contributed by atoms with Crippen LogP contribution in [-0.2, 0) is 0 Å². The highest BCUT2D eigenvalue weighted by molar-refractivity contribution is 5.96. The summed E-state index contributed by atoms with van der Waals surface area (Å²) in [7, 11) is 0. The van der Waals surface area contributed by atoms with E-state index in [0.29, 0.717) is 17.8 Å². The van der Waals surface area contributed by atoms with Crippen LogP contribution in [0.3, 0.4) is 0 Å². The highest BCUT2D eigenvalue weighted by atomic mass is 16.1. The zero-order valence-electron chi connectivity index (χ0n) is 11.0. The number of amides is 1. The van der Waals surface area contributed by atoms with Crippen molar-refractivity contribution in [1.29, 1.82) is 0 Å². The van der Waals surface area contributed by atoms with Gasteiger partial charge in [-0.3, -0.25) is 4.79 Å². The van der Waals surface area contributed by atoms with Crippen LogP contribution in [0.2, 0.25) is 0 Å². The van der Waals surface area contributed by atoms with Crippen molar-refractivity contribution in [2.24, 2.45) is 27.2 Å². The molecule has 1 rings (SSSR count). The Morgan fingerprint density at radius 3 is 2.53 bits per heavy atom. The summed E-state index contributed by atoms with van der Waals surface area (Å²) in [5.41, 5.74) is 17.9. The van der Waals surface area contributed by atoms with Gasteiger partial charge in [-0.1, -0.05) is 0 Å². The molecule has 7 N–H and O–H groups in total. The van der Waals surface area contributed by atoms with Crippen LogP contribution in [-0.4, -0.2) is 24.4 Å². The molecule has 7 nitrogen and oxygen atoms in total. The first-order valence-corrected chi connectivity index (χ1v) is 5.76. The van der Waals surface area contributed by atoms with Gasteiger partial charge in [-0.05, 0) is 37.6 Å². The van der Waals surface area contributed by atoms with E-state index in [2.05, 4.69) is 15.3 Å². The Kier molecular flexibility index (Phi) is 4.87. The third-order valence-electron chi connectivity index (χ3n) is 2.27. The van der Waals surface area contributed by atoms with E-state index in [1.807, 2.05) is 13.8 Å². The molecule has 1 amide bonds. The predicted molar refractivity (Wildman–Crippen MR) is 76.3 cm³/mol. The van der Waals surface area contributed by atoms with Crippen molar-refractivity contribution < 1.29 is 4.79 Å². The molecule has 0 spiro atoms. The van der Waals surface area contributed by atoms with E-state index in [1.165, 1.54) is 0 Å². The molecule has 0 radical (unpaired) electrons. The zero-order chi connectivity index (χ0) is 14.4. The molecule has 0 saturated carbocycles. The molecule has 19 heavy (non-hydrogen) atoms. The van der Waals surface area contributed by atoms with Gasteiger partial charge in [-0.15, -0.1) is 0 Å². The second-order valence-corrected chi connectivity index (χ2v) is 3.87. The number of guanidine groups is 2. The van der Waals surface area contributed by atoms with E-state index in [4.69, 9.17) is 17.2 Å². The number of carbonyl (C=O) groups is 1.